The molecule has 2 aromatic heterocycles. The highest BCUT2D eigenvalue weighted by Crippen LogP contribution is 2.33. The van der Waals surface area contributed by atoms with Crippen molar-refractivity contribution in [2.24, 2.45) is 0 Å². The van der Waals surface area contributed by atoms with E-state index in [0.29, 0.717) is 0 Å². The molecule has 2 heterocycles. The molecule has 0 saturated carbocycles. The van der Waals surface area contributed by atoms with Gasteiger partial charge in [0.2, 0.25) is 0 Å². The van der Waals surface area contributed by atoms with Crippen LogP contribution in [0.25, 0.3) is 34.8 Å². The van der Waals surface area contributed by atoms with Gasteiger partial charge in [0.1, 0.15) is 11.5 Å². The van der Waals surface area contributed by atoms with Gasteiger partial charge in [-0.1, -0.05) is 24.3 Å². The maximum atomic E-state index is 12.8. The van der Waals surface area contributed by atoms with Gasteiger partial charge in [0.25, 0.3) is 0 Å². The Morgan fingerprint density at radius 1 is 0.553 bits per heavy atom. The van der Waals surface area contributed by atoms with Gasteiger partial charge in [-0.05, 0) is 71.8 Å². The van der Waals surface area contributed by atoms with Crippen LogP contribution in [0.1, 0.15) is 33.8 Å². The van der Waals surface area contributed by atoms with E-state index in [1.807, 2.05) is 12.1 Å². The zero-order valence-corrected chi connectivity index (χ0v) is 19.1. The van der Waals surface area contributed by atoms with Gasteiger partial charge in [0.05, 0.1) is 34.4 Å². The van der Waals surface area contributed by atoms with Crippen LogP contribution in [0.15, 0.2) is 81.6 Å². The normalized spacial score (nSPS) is 12.7. The molecule has 0 spiro atoms. The molecular weight excluding hydrogens is 510 g/mol. The maximum absolute atomic E-state index is 12.8. The lowest BCUT2D eigenvalue weighted by molar-refractivity contribution is -0.138. The zero-order valence-electron chi connectivity index (χ0n) is 19.1. The molecule has 2 aromatic carbocycles. The predicted octanol–water partition coefficient (Wildman–Crippen LogP) is 8.71. The molecule has 0 saturated heterocycles. The average molecular weight is 524 g/mol. The van der Waals surface area contributed by atoms with Gasteiger partial charge in [-0.3, -0.25) is 0 Å². The summed E-state index contributed by atoms with van der Waals surface area (Å²) in [6.45, 7) is 0. The van der Waals surface area contributed by atoms with Crippen molar-refractivity contribution in [2.45, 2.75) is 12.4 Å². The Labute approximate surface area is 212 Å². The minimum atomic E-state index is -4.49. The van der Waals surface area contributed by atoms with Gasteiger partial charge < -0.3 is 8.83 Å². The Bertz CT molecular complexity index is 1470. The Morgan fingerprint density at radius 3 is 1.18 bits per heavy atom. The van der Waals surface area contributed by atoms with Crippen molar-refractivity contribution in [1.29, 1.82) is 10.5 Å². The van der Waals surface area contributed by atoms with Crippen molar-refractivity contribution < 1.29 is 35.2 Å². The maximum Gasteiger partial charge on any atom is 0.416 e. The van der Waals surface area contributed by atoms with E-state index in [1.54, 1.807) is 12.1 Å². The second kappa shape index (κ2) is 10.2. The van der Waals surface area contributed by atoms with E-state index in [4.69, 9.17) is 8.83 Å². The molecule has 0 aliphatic carbocycles. The lowest BCUT2D eigenvalue weighted by Gasteiger charge is -2.07. The molecule has 0 amide bonds. The van der Waals surface area contributed by atoms with Crippen LogP contribution in [0.3, 0.4) is 0 Å². The molecule has 4 nitrogen and oxygen atoms in total. The summed E-state index contributed by atoms with van der Waals surface area (Å²) in [5.41, 5.74) is -0.957. The van der Waals surface area contributed by atoms with Gasteiger partial charge >= 0.3 is 12.4 Å². The second-order valence-corrected chi connectivity index (χ2v) is 7.89. The summed E-state index contributed by atoms with van der Waals surface area (Å²) in [5.74, 6) is 1.03. The molecule has 0 fully saturated rings. The first kappa shape index (κ1) is 26.1. The molecule has 0 N–H and O–H groups in total. The van der Waals surface area contributed by atoms with Crippen molar-refractivity contribution >= 4 is 23.3 Å². The number of nitriles is 2. The summed E-state index contributed by atoms with van der Waals surface area (Å²) in [5, 5.41) is 18.9. The Morgan fingerprint density at radius 2 is 0.895 bits per heavy atom. The summed E-state index contributed by atoms with van der Waals surface area (Å²) in [4.78, 5) is 0. The Hall–Kier alpha value is -4.96. The summed E-state index contributed by atoms with van der Waals surface area (Å²) < 4.78 is 88.1. The quantitative estimate of drug-likeness (QED) is 0.193. The number of hydrogen-bond acceptors (Lipinski definition) is 4. The highest BCUT2D eigenvalue weighted by molar-refractivity contribution is 5.89. The van der Waals surface area contributed by atoms with Gasteiger partial charge in [-0.25, -0.2) is 0 Å². The van der Waals surface area contributed by atoms with E-state index in [-0.39, 0.29) is 45.3 Å². The fourth-order valence-corrected chi connectivity index (χ4v) is 3.45. The van der Waals surface area contributed by atoms with E-state index >= 15 is 0 Å². The van der Waals surface area contributed by atoms with Crippen LogP contribution in [0, 0.1) is 22.7 Å². The SMILES string of the molecule is N#C/C(=C\c1ccc(-c2ccc(/C=C(\C#N)c3ccc(C(F)(F)F)cc3)o2)o1)c1ccc(C(F)(F)F)cc1. The molecule has 4 rings (SSSR count). The minimum Gasteiger partial charge on any atom is -0.453 e. The van der Waals surface area contributed by atoms with Crippen LogP contribution < -0.4 is 0 Å². The van der Waals surface area contributed by atoms with Crippen molar-refractivity contribution in [3.8, 4) is 23.7 Å². The lowest BCUT2D eigenvalue weighted by Crippen LogP contribution is -2.04. The number of furan rings is 2. The summed E-state index contributed by atoms with van der Waals surface area (Å²) in [6.07, 6.45) is -6.25. The molecular formula is C28H14F6N2O2. The second-order valence-electron chi connectivity index (χ2n) is 7.89. The average Bonchev–Trinajstić information content (AvgIpc) is 3.54. The van der Waals surface area contributed by atoms with E-state index in [0.717, 1.165) is 24.3 Å². The number of hydrogen-bond donors (Lipinski definition) is 0. The largest absolute Gasteiger partial charge is 0.453 e. The highest BCUT2D eigenvalue weighted by atomic mass is 19.4. The number of benzene rings is 2. The van der Waals surface area contributed by atoms with E-state index in [1.165, 1.54) is 48.6 Å². The molecule has 0 aliphatic heterocycles. The number of alkyl halides is 6. The fourth-order valence-electron chi connectivity index (χ4n) is 3.45. The molecule has 0 unspecified atom stereocenters. The monoisotopic (exact) mass is 524 g/mol. The summed E-state index contributed by atoms with van der Waals surface area (Å²) in [6, 6.07) is 18.3. The third-order valence-corrected chi connectivity index (χ3v) is 5.36. The molecule has 38 heavy (non-hydrogen) atoms. The van der Waals surface area contributed by atoms with Crippen LogP contribution >= 0.6 is 0 Å². The first-order chi connectivity index (χ1) is 18.0. The van der Waals surface area contributed by atoms with Crippen LogP contribution in [0.5, 0.6) is 0 Å². The lowest BCUT2D eigenvalue weighted by atomic mass is 10.0. The van der Waals surface area contributed by atoms with Crippen molar-refractivity contribution in [2.75, 3.05) is 0 Å². The topological polar surface area (TPSA) is 73.9 Å². The van der Waals surface area contributed by atoms with Crippen molar-refractivity contribution in [3.05, 3.63) is 107 Å². The smallest absolute Gasteiger partial charge is 0.416 e. The molecule has 10 heteroatoms. The molecule has 4 aromatic rings. The third kappa shape index (κ3) is 5.88. The third-order valence-electron chi connectivity index (χ3n) is 5.36. The van der Waals surface area contributed by atoms with E-state index < -0.39 is 23.5 Å². The van der Waals surface area contributed by atoms with Gasteiger partial charge in [0.15, 0.2) is 11.5 Å². The first-order valence-electron chi connectivity index (χ1n) is 10.8. The number of nitrogens with zero attached hydrogens (tertiary/aromatic N) is 2. The Balaban J connectivity index is 1.54. The van der Waals surface area contributed by atoms with E-state index in [9.17, 15) is 36.9 Å². The van der Waals surface area contributed by atoms with E-state index in [2.05, 4.69) is 0 Å². The van der Waals surface area contributed by atoms with Crippen LogP contribution in [-0.4, -0.2) is 0 Å². The van der Waals surface area contributed by atoms with Crippen molar-refractivity contribution in [3.63, 3.8) is 0 Å². The molecule has 0 radical (unpaired) electrons. The summed E-state index contributed by atoms with van der Waals surface area (Å²) in [7, 11) is 0. The molecule has 0 bridgehead atoms. The fraction of sp³-hybridized carbons (Fsp3) is 0.0714. The van der Waals surface area contributed by atoms with Gasteiger partial charge in [-0.15, -0.1) is 0 Å². The molecule has 0 aliphatic rings. The Kier molecular flexibility index (Phi) is 7.00. The summed E-state index contributed by atoms with van der Waals surface area (Å²) >= 11 is 0. The minimum absolute atomic E-state index is 0.0814. The number of allylic oxidation sites excluding steroid dienone is 2. The van der Waals surface area contributed by atoms with Gasteiger partial charge in [0, 0.05) is 0 Å². The number of halogens is 6. The van der Waals surface area contributed by atoms with Crippen LogP contribution in [-0.2, 0) is 12.4 Å². The van der Waals surface area contributed by atoms with Crippen LogP contribution in [0.4, 0.5) is 26.3 Å². The highest BCUT2D eigenvalue weighted by Gasteiger charge is 2.30. The van der Waals surface area contributed by atoms with Gasteiger partial charge in [-0.2, -0.15) is 36.9 Å². The molecule has 0 atom stereocenters. The zero-order chi connectivity index (χ0) is 27.5. The van der Waals surface area contributed by atoms with Crippen LogP contribution in [0.2, 0.25) is 0 Å². The number of rotatable bonds is 5. The van der Waals surface area contributed by atoms with Crippen molar-refractivity contribution in [1.82, 2.24) is 0 Å². The first-order valence-corrected chi connectivity index (χ1v) is 10.8. The predicted molar refractivity (Wildman–Crippen MR) is 126 cm³/mol. The standard InChI is InChI=1S/C28H14F6N2O2/c29-27(30,31)21-5-1-17(2-6-21)19(15-35)13-23-9-11-25(37-23)26-12-10-24(38-26)14-20(16-36)18-3-7-22(8-4-18)28(32,33)34/h1-14H/b19-13+,20-14+. The molecule has 190 valence electrons.